The standard InChI is InChI=1S/C23H27F3N4O3/c1-13(17-9-15(7-8-27-17)23(24,25)26)28-21-16-10-20(33-12-22(3,4)32-6)19(31-5)11-18(16)29-14(2)30-21/h7-11,13H,12H2,1-6H3,(H,28,29,30)/t13-/m1/s1. The van der Waals surface area contributed by atoms with Crippen molar-refractivity contribution in [1.29, 1.82) is 0 Å². The van der Waals surface area contributed by atoms with E-state index in [1.807, 2.05) is 13.8 Å². The summed E-state index contributed by atoms with van der Waals surface area (Å²) in [6.07, 6.45) is -3.30. The molecule has 0 aliphatic rings. The molecule has 0 aliphatic heterocycles. The quantitative estimate of drug-likeness (QED) is 0.482. The van der Waals surface area contributed by atoms with Crippen molar-refractivity contribution in [3.8, 4) is 11.5 Å². The van der Waals surface area contributed by atoms with Gasteiger partial charge in [0, 0.05) is 24.8 Å². The second-order valence-electron chi connectivity index (χ2n) is 8.23. The summed E-state index contributed by atoms with van der Waals surface area (Å²) in [5, 5.41) is 3.80. The molecule has 0 fully saturated rings. The molecule has 1 atom stereocenters. The van der Waals surface area contributed by atoms with E-state index in [4.69, 9.17) is 14.2 Å². The van der Waals surface area contributed by atoms with E-state index in [9.17, 15) is 13.2 Å². The number of fused-ring (bicyclic) bond motifs is 1. The largest absolute Gasteiger partial charge is 0.493 e. The Balaban J connectivity index is 1.99. The monoisotopic (exact) mass is 464 g/mol. The van der Waals surface area contributed by atoms with E-state index < -0.39 is 23.4 Å². The van der Waals surface area contributed by atoms with Gasteiger partial charge in [0.15, 0.2) is 11.5 Å². The third kappa shape index (κ3) is 5.81. The number of methoxy groups -OCH3 is 2. The van der Waals surface area contributed by atoms with Crippen molar-refractivity contribution in [1.82, 2.24) is 15.0 Å². The molecule has 2 heterocycles. The Kier molecular flexibility index (Phi) is 6.97. The minimum atomic E-state index is -4.45. The lowest BCUT2D eigenvalue weighted by molar-refractivity contribution is -0.137. The second-order valence-corrected chi connectivity index (χ2v) is 8.23. The number of alkyl halides is 3. The van der Waals surface area contributed by atoms with Gasteiger partial charge in [-0.15, -0.1) is 0 Å². The van der Waals surface area contributed by atoms with Crippen LogP contribution in [0.3, 0.4) is 0 Å². The first kappa shape index (κ1) is 24.5. The maximum Gasteiger partial charge on any atom is 0.416 e. The van der Waals surface area contributed by atoms with Crippen molar-refractivity contribution in [2.75, 3.05) is 26.1 Å². The van der Waals surface area contributed by atoms with E-state index in [2.05, 4.69) is 20.3 Å². The number of ether oxygens (including phenoxy) is 3. The number of nitrogens with zero attached hydrogens (tertiary/aromatic N) is 3. The Labute approximate surface area is 190 Å². The minimum absolute atomic E-state index is 0.237. The Morgan fingerprint density at radius 2 is 1.79 bits per heavy atom. The summed E-state index contributed by atoms with van der Waals surface area (Å²) in [5.41, 5.74) is -0.439. The van der Waals surface area contributed by atoms with Gasteiger partial charge in [-0.3, -0.25) is 4.98 Å². The van der Waals surface area contributed by atoms with E-state index in [1.54, 1.807) is 33.1 Å². The highest BCUT2D eigenvalue weighted by Crippen LogP contribution is 2.36. The number of nitrogens with one attached hydrogen (secondary N) is 1. The van der Waals surface area contributed by atoms with Crippen molar-refractivity contribution in [2.24, 2.45) is 0 Å². The number of rotatable bonds is 8. The number of anilines is 1. The van der Waals surface area contributed by atoms with Crippen LogP contribution in [0.2, 0.25) is 0 Å². The van der Waals surface area contributed by atoms with Crippen LogP contribution in [0.1, 0.15) is 43.9 Å². The van der Waals surface area contributed by atoms with Crippen LogP contribution in [0.5, 0.6) is 11.5 Å². The first-order valence-corrected chi connectivity index (χ1v) is 10.3. The number of aromatic nitrogens is 3. The fourth-order valence-corrected chi connectivity index (χ4v) is 3.09. The lowest BCUT2D eigenvalue weighted by Gasteiger charge is -2.24. The van der Waals surface area contributed by atoms with Gasteiger partial charge in [0.25, 0.3) is 0 Å². The van der Waals surface area contributed by atoms with Crippen molar-refractivity contribution >= 4 is 16.7 Å². The first-order chi connectivity index (χ1) is 15.4. The van der Waals surface area contributed by atoms with E-state index in [0.29, 0.717) is 34.0 Å². The van der Waals surface area contributed by atoms with Gasteiger partial charge in [0.2, 0.25) is 0 Å². The molecule has 178 valence electrons. The molecule has 0 radical (unpaired) electrons. The second kappa shape index (κ2) is 9.38. The average molecular weight is 464 g/mol. The number of benzene rings is 1. The van der Waals surface area contributed by atoms with E-state index in [-0.39, 0.29) is 12.3 Å². The number of hydrogen-bond donors (Lipinski definition) is 1. The summed E-state index contributed by atoms with van der Waals surface area (Å²) in [4.78, 5) is 13.0. The summed E-state index contributed by atoms with van der Waals surface area (Å²) in [6.45, 7) is 7.50. The van der Waals surface area contributed by atoms with Crippen molar-refractivity contribution in [3.63, 3.8) is 0 Å². The highest BCUT2D eigenvalue weighted by Gasteiger charge is 2.31. The molecule has 0 saturated heterocycles. The van der Waals surface area contributed by atoms with Gasteiger partial charge in [0.05, 0.1) is 35.5 Å². The van der Waals surface area contributed by atoms with Gasteiger partial charge >= 0.3 is 6.18 Å². The molecule has 0 amide bonds. The van der Waals surface area contributed by atoms with Gasteiger partial charge in [0.1, 0.15) is 18.2 Å². The Bertz CT molecular complexity index is 1140. The van der Waals surface area contributed by atoms with Crippen molar-refractivity contribution in [2.45, 2.75) is 45.5 Å². The summed E-state index contributed by atoms with van der Waals surface area (Å²) in [6, 6.07) is 4.89. The summed E-state index contributed by atoms with van der Waals surface area (Å²) < 4.78 is 56.2. The fourth-order valence-electron chi connectivity index (χ4n) is 3.09. The molecule has 0 saturated carbocycles. The topological polar surface area (TPSA) is 78.4 Å². The van der Waals surface area contributed by atoms with Crippen LogP contribution < -0.4 is 14.8 Å². The normalized spacial score (nSPS) is 13.1. The van der Waals surface area contributed by atoms with Crippen LogP contribution in [-0.4, -0.2) is 41.4 Å². The van der Waals surface area contributed by atoms with E-state index in [0.717, 1.165) is 18.3 Å². The zero-order chi connectivity index (χ0) is 24.4. The van der Waals surface area contributed by atoms with Crippen LogP contribution in [0.4, 0.5) is 19.0 Å². The van der Waals surface area contributed by atoms with Gasteiger partial charge in [-0.25, -0.2) is 9.97 Å². The summed E-state index contributed by atoms with van der Waals surface area (Å²) in [7, 11) is 3.13. The number of pyridine rings is 1. The molecule has 7 nitrogen and oxygen atoms in total. The Morgan fingerprint density at radius 1 is 1.06 bits per heavy atom. The smallest absolute Gasteiger partial charge is 0.416 e. The zero-order valence-electron chi connectivity index (χ0n) is 19.4. The van der Waals surface area contributed by atoms with Crippen LogP contribution in [-0.2, 0) is 10.9 Å². The highest BCUT2D eigenvalue weighted by molar-refractivity contribution is 5.92. The predicted octanol–water partition coefficient (Wildman–Crippen LogP) is 5.34. The summed E-state index contributed by atoms with van der Waals surface area (Å²) in [5.74, 6) is 1.90. The van der Waals surface area contributed by atoms with E-state index >= 15 is 0 Å². The van der Waals surface area contributed by atoms with Crippen LogP contribution in [0.25, 0.3) is 10.9 Å². The Morgan fingerprint density at radius 3 is 2.42 bits per heavy atom. The third-order valence-corrected chi connectivity index (χ3v) is 5.13. The lowest BCUT2D eigenvalue weighted by Crippen LogP contribution is -2.30. The highest BCUT2D eigenvalue weighted by atomic mass is 19.4. The molecule has 3 aromatic rings. The maximum atomic E-state index is 13.1. The molecular formula is C23H27F3N4O3. The maximum absolute atomic E-state index is 13.1. The van der Waals surface area contributed by atoms with E-state index in [1.165, 1.54) is 7.11 Å². The Hall–Kier alpha value is -3.14. The molecule has 33 heavy (non-hydrogen) atoms. The third-order valence-electron chi connectivity index (χ3n) is 5.13. The van der Waals surface area contributed by atoms with Gasteiger partial charge in [-0.2, -0.15) is 13.2 Å². The molecule has 0 spiro atoms. The van der Waals surface area contributed by atoms with Gasteiger partial charge < -0.3 is 19.5 Å². The molecule has 0 unspecified atom stereocenters. The van der Waals surface area contributed by atoms with Crippen LogP contribution >= 0.6 is 0 Å². The van der Waals surface area contributed by atoms with Gasteiger partial charge in [-0.1, -0.05) is 0 Å². The lowest BCUT2D eigenvalue weighted by atomic mass is 10.1. The van der Waals surface area contributed by atoms with Crippen molar-refractivity contribution in [3.05, 3.63) is 47.5 Å². The number of hydrogen-bond acceptors (Lipinski definition) is 7. The number of halogens is 3. The van der Waals surface area contributed by atoms with Crippen molar-refractivity contribution < 1.29 is 27.4 Å². The molecule has 0 bridgehead atoms. The molecular weight excluding hydrogens is 437 g/mol. The number of aryl methyl sites for hydroxylation is 1. The molecule has 3 rings (SSSR count). The average Bonchev–Trinajstić information content (AvgIpc) is 2.76. The van der Waals surface area contributed by atoms with Gasteiger partial charge in [-0.05, 0) is 45.9 Å². The van der Waals surface area contributed by atoms with Crippen LogP contribution in [0, 0.1) is 6.92 Å². The first-order valence-electron chi connectivity index (χ1n) is 10.3. The SMILES string of the molecule is COc1cc2nc(C)nc(N[C@H](C)c3cc(C(F)(F)F)ccn3)c2cc1OCC(C)(C)OC. The van der Waals surface area contributed by atoms with Crippen LogP contribution in [0.15, 0.2) is 30.5 Å². The minimum Gasteiger partial charge on any atom is -0.493 e. The molecule has 10 heteroatoms. The predicted molar refractivity (Wildman–Crippen MR) is 119 cm³/mol. The zero-order valence-corrected chi connectivity index (χ0v) is 19.4. The summed E-state index contributed by atoms with van der Waals surface area (Å²) >= 11 is 0. The molecule has 2 aromatic heterocycles. The molecule has 1 aromatic carbocycles. The fraction of sp³-hybridized carbons (Fsp3) is 0.435. The molecule has 1 N–H and O–H groups in total. The molecule has 0 aliphatic carbocycles.